The van der Waals surface area contributed by atoms with Gasteiger partial charge in [-0.15, -0.1) is 0 Å². The summed E-state index contributed by atoms with van der Waals surface area (Å²) < 4.78 is 0. The summed E-state index contributed by atoms with van der Waals surface area (Å²) in [4.78, 5) is 4.95. The van der Waals surface area contributed by atoms with Crippen LogP contribution < -0.4 is 0 Å². The number of hydrogen-bond acceptors (Lipinski definition) is 2. The molecule has 3 heteroatoms. The number of rotatable bonds is 1. The molecular weight excluding hydrogens is 195 g/mol. The van der Waals surface area contributed by atoms with Crippen LogP contribution in [0, 0.1) is 0 Å². The summed E-state index contributed by atoms with van der Waals surface area (Å²) in [5.74, 6) is 0.619. The summed E-state index contributed by atoms with van der Waals surface area (Å²) in [6.07, 6.45) is 4.49. The van der Waals surface area contributed by atoms with E-state index in [1.54, 1.807) is 0 Å². The van der Waals surface area contributed by atoms with Crippen LogP contribution >= 0.6 is 0 Å². The van der Waals surface area contributed by atoms with E-state index in [2.05, 4.69) is 77.4 Å². The van der Waals surface area contributed by atoms with Gasteiger partial charge in [-0.05, 0) is 47.4 Å². The van der Waals surface area contributed by atoms with E-state index in [0.717, 1.165) is 0 Å². The first kappa shape index (κ1) is 13.5. The fourth-order valence-electron chi connectivity index (χ4n) is 2.34. The van der Waals surface area contributed by atoms with Crippen LogP contribution in [-0.4, -0.2) is 27.7 Å². The Hall–Kier alpha value is -0.595. The molecular formula is C13H27BN2. The lowest BCUT2D eigenvalue weighted by Gasteiger charge is -2.44. The van der Waals surface area contributed by atoms with Crippen LogP contribution in [0.15, 0.2) is 12.4 Å². The van der Waals surface area contributed by atoms with E-state index in [9.17, 15) is 0 Å². The standard InChI is InChI=1S/C13H27BN2/c1-11(2)14-15(12(3,4)5)9-10-16(14)13(6,7)8/h9-11H,1-8H3. The first-order valence-electron chi connectivity index (χ1n) is 6.30. The Labute approximate surface area is 102 Å². The Kier molecular flexibility index (Phi) is 3.38. The van der Waals surface area contributed by atoms with Crippen molar-refractivity contribution in [2.45, 2.75) is 72.3 Å². The van der Waals surface area contributed by atoms with Crippen LogP contribution in [0.1, 0.15) is 55.4 Å². The molecule has 1 rings (SSSR count). The van der Waals surface area contributed by atoms with Crippen LogP contribution in [-0.2, 0) is 0 Å². The van der Waals surface area contributed by atoms with E-state index in [1.165, 1.54) is 0 Å². The molecule has 0 N–H and O–H groups in total. The molecule has 0 aromatic carbocycles. The molecule has 1 heterocycles. The minimum absolute atomic E-state index is 0.186. The second-order valence-electron chi connectivity index (χ2n) is 7.11. The summed E-state index contributed by atoms with van der Waals surface area (Å²) in [7, 11) is 0. The second kappa shape index (κ2) is 4.01. The smallest absolute Gasteiger partial charge is 0.378 e. The van der Waals surface area contributed by atoms with Crippen LogP contribution in [0.3, 0.4) is 0 Å². The van der Waals surface area contributed by atoms with Crippen LogP contribution in [0.25, 0.3) is 0 Å². The topological polar surface area (TPSA) is 6.48 Å². The molecule has 1 aliphatic heterocycles. The second-order valence-corrected chi connectivity index (χ2v) is 7.11. The first-order valence-corrected chi connectivity index (χ1v) is 6.30. The fourth-order valence-corrected chi connectivity index (χ4v) is 2.34. The molecule has 0 atom stereocenters. The molecule has 0 aliphatic carbocycles. The molecule has 0 saturated carbocycles. The van der Waals surface area contributed by atoms with E-state index in [4.69, 9.17) is 0 Å². The molecule has 92 valence electrons. The highest BCUT2D eigenvalue weighted by Gasteiger charge is 2.43. The largest absolute Gasteiger partial charge is 0.396 e. The van der Waals surface area contributed by atoms with Crippen molar-refractivity contribution >= 4 is 6.98 Å². The molecule has 16 heavy (non-hydrogen) atoms. The van der Waals surface area contributed by atoms with E-state index < -0.39 is 0 Å². The van der Waals surface area contributed by atoms with Gasteiger partial charge < -0.3 is 9.62 Å². The monoisotopic (exact) mass is 222 g/mol. The average molecular weight is 222 g/mol. The Morgan fingerprint density at radius 3 is 1.31 bits per heavy atom. The highest BCUT2D eigenvalue weighted by molar-refractivity contribution is 6.56. The Balaban J connectivity index is 2.99. The van der Waals surface area contributed by atoms with Gasteiger partial charge in [-0.1, -0.05) is 13.8 Å². The SMILES string of the molecule is CC(C)B1N(C(C)(C)C)C=CN1C(C)(C)C. The van der Waals surface area contributed by atoms with Crippen LogP contribution in [0.4, 0.5) is 0 Å². The molecule has 0 aromatic rings. The van der Waals surface area contributed by atoms with Crippen molar-refractivity contribution in [1.29, 1.82) is 0 Å². The Bertz CT molecular complexity index is 247. The fraction of sp³-hybridized carbons (Fsp3) is 0.846. The van der Waals surface area contributed by atoms with E-state index in [0.29, 0.717) is 12.8 Å². The quantitative estimate of drug-likeness (QED) is 0.626. The van der Waals surface area contributed by atoms with Gasteiger partial charge in [-0.2, -0.15) is 0 Å². The summed E-state index contributed by atoms with van der Waals surface area (Å²) in [5.41, 5.74) is 0.372. The normalized spacial score (nSPS) is 17.9. The molecule has 1 aliphatic rings. The van der Waals surface area contributed by atoms with Crippen LogP contribution in [0.5, 0.6) is 0 Å². The van der Waals surface area contributed by atoms with Gasteiger partial charge in [0.1, 0.15) is 0 Å². The van der Waals surface area contributed by atoms with E-state index in [1.807, 2.05) is 0 Å². The maximum absolute atomic E-state index is 2.48. The van der Waals surface area contributed by atoms with Crippen molar-refractivity contribution in [3.05, 3.63) is 12.4 Å². The van der Waals surface area contributed by atoms with Crippen molar-refractivity contribution in [3.63, 3.8) is 0 Å². The zero-order chi connectivity index (χ0) is 12.7. The summed E-state index contributed by atoms with van der Waals surface area (Å²) in [6, 6.07) is 0. The zero-order valence-corrected chi connectivity index (χ0v) is 12.2. The van der Waals surface area contributed by atoms with Crippen LogP contribution in [0.2, 0.25) is 5.82 Å². The zero-order valence-electron chi connectivity index (χ0n) is 12.2. The van der Waals surface area contributed by atoms with Gasteiger partial charge in [-0.25, -0.2) is 0 Å². The van der Waals surface area contributed by atoms with Gasteiger partial charge in [0.2, 0.25) is 0 Å². The molecule has 0 aromatic heterocycles. The lowest BCUT2D eigenvalue weighted by atomic mass is 9.58. The van der Waals surface area contributed by atoms with Gasteiger partial charge in [-0.3, -0.25) is 0 Å². The third-order valence-corrected chi connectivity index (χ3v) is 3.10. The summed E-state index contributed by atoms with van der Waals surface area (Å²) >= 11 is 0. The first-order chi connectivity index (χ1) is 7.05. The maximum Gasteiger partial charge on any atom is 0.378 e. The van der Waals surface area contributed by atoms with E-state index >= 15 is 0 Å². The average Bonchev–Trinajstić information content (AvgIpc) is 2.43. The van der Waals surface area contributed by atoms with Crippen molar-refractivity contribution < 1.29 is 0 Å². The molecule has 0 amide bonds. The third-order valence-electron chi connectivity index (χ3n) is 3.10. The van der Waals surface area contributed by atoms with Gasteiger partial charge in [0.25, 0.3) is 0 Å². The summed E-state index contributed by atoms with van der Waals surface area (Å²) in [6.45, 7) is 18.7. The Morgan fingerprint density at radius 2 is 1.12 bits per heavy atom. The number of nitrogens with zero attached hydrogens (tertiary/aromatic N) is 2. The van der Waals surface area contributed by atoms with Gasteiger partial charge in [0.15, 0.2) is 0 Å². The minimum Gasteiger partial charge on any atom is -0.396 e. The molecule has 0 spiro atoms. The predicted molar refractivity (Wildman–Crippen MR) is 73.2 cm³/mol. The third kappa shape index (κ3) is 2.56. The van der Waals surface area contributed by atoms with Crippen molar-refractivity contribution in [3.8, 4) is 0 Å². The van der Waals surface area contributed by atoms with Crippen molar-refractivity contribution in [1.82, 2.24) is 9.62 Å². The molecule has 0 radical (unpaired) electrons. The predicted octanol–water partition coefficient (Wildman–Crippen LogP) is 3.57. The molecule has 0 fully saturated rings. The lowest BCUT2D eigenvalue weighted by Crippen LogP contribution is -2.57. The Morgan fingerprint density at radius 1 is 0.812 bits per heavy atom. The van der Waals surface area contributed by atoms with E-state index in [-0.39, 0.29) is 11.1 Å². The number of hydrogen-bond donors (Lipinski definition) is 0. The van der Waals surface area contributed by atoms with Gasteiger partial charge in [0.05, 0.1) is 0 Å². The lowest BCUT2D eigenvalue weighted by molar-refractivity contribution is 0.275. The van der Waals surface area contributed by atoms with Crippen molar-refractivity contribution in [2.75, 3.05) is 0 Å². The summed E-state index contributed by atoms with van der Waals surface area (Å²) in [5, 5.41) is 0. The minimum atomic E-state index is 0.186. The maximum atomic E-state index is 2.48. The van der Waals surface area contributed by atoms with Gasteiger partial charge >= 0.3 is 6.98 Å². The molecule has 0 saturated heterocycles. The highest BCUT2D eigenvalue weighted by atomic mass is 15.3. The highest BCUT2D eigenvalue weighted by Crippen LogP contribution is 2.33. The van der Waals surface area contributed by atoms with Gasteiger partial charge in [0, 0.05) is 23.5 Å². The molecule has 0 bridgehead atoms. The molecule has 0 unspecified atom stereocenters. The van der Waals surface area contributed by atoms with Crippen molar-refractivity contribution in [2.24, 2.45) is 0 Å². The molecule has 2 nitrogen and oxygen atoms in total.